The van der Waals surface area contributed by atoms with E-state index < -0.39 is 0 Å². The molecule has 0 amide bonds. The number of para-hydroxylation sites is 1. The van der Waals surface area contributed by atoms with Crippen LogP contribution in [0.1, 0.15) is 5.69 Å². The van der Waals surface area contributed by atoms with E-state index in [1.54, 1.807) is 11.8 Å². The van der Waals surface area contributed by atoms with Gasteiger partial charge in [-0.05, 0) is 13.0 Å². The van der Waals surface area contributed by atoms with Gasteiger partial charge >= 0.3 is 0 Å². The summed E-state index contributed by atoms with van der Waals surface area (Å²) in [6, 6.07) is 7.74. The second-order valence-electron chi connectivity index (χ2n) is 4.86. The largest absolute Gasteiger partial charge is 0.496 e. The SMILES string of the molecule is COc1ccccc1-c1c(N)n[nH]c1-c1cn(C)nc1C. The number of aromatic nitrogens is 4. The monoisotopic (exact) mass is 283 g/mol. The quantitative estimate of drug-likeness (QED) is 0.773. The Balaban J connectivity index is 2.25. The zero-order chi connectivity index (χ0) is 15.0. The molecule has 21 heavy (non-hydrogen) atoms. The Labute approximate surface area is 122 Å². The van der Waals surface area contributed by atoms with Gasteiger partial charge in [0, 0.05) is 24.4 Å². The van der Waals surface area contributed by atoms with E-state index in [2.05, 4.69) is 15.3 Å². The summed E-state index contributed by atoms with van der Waals surface area (Å²) < 4.78 is 7.20. The van der Waals surface area contributed by atoms with Crippen molar-refractivity contribution in [2.45, 2.75) is 6.92 Å². The standard InChI is InChI=1S/C15H17N5O/c1-9-11(8-20(2)19-9)14-13(15(16)18-17-14)10-6-4-5-7-12(10)21-3/h4-8H,1-3H3,(H3,16,17,18). The van der Waals surface area contributed by atoms with Crippen LogP contribution in [-0.2, 0) is 7.05 Å². The van der Waals surface area contributed by atoms with Gasteiger partial charge in [-0.25, -0.2) is 0 Å². The predicted octanol–water partition coefficient (Wildman–Crippen LogP) is 2.38. The van der Waals surface area contributed by atoms with Crippen LogP contribution in [0.15, 0.2) is 30.5 Å². The summed E-state index contributed by atoms with van der Waals surface area (Å²) in [6.45, 7) is 1.96. The lowest BCUT2D eigenvalue weighted by Crippen LogP contribution is -1.92. The highest BCUT2D eigenvalue weighted by Crippen LogP contribution is 2.39. The van der Waals surface area contributed by atoms with Crippen LogP contribution in [0.5, 0.6) is 5.75 Å². The summed E-state index contributed by atoms with van der Waals surface area (Å²) in [5, 5.41) is 11.5. The molecule has 0 spiro atoms. The van der Waals surface area contributed by atoms with Crippen molar-refractivity contribution in [3.05, 3.63) is 36.2 Å². The Morgan fingerprint density at radius 3 is 2.67 bits per heavy atom. The summed E-state index contributed by atoms with van der Waals surface area (Å²) in [7, 11) is 3.53. The summed E-state index contributed by atoms with van der Waals surface area (Å²) >= 11 is 0. The van der Waals surface area contributed by atoms with Crippen molar-refractivity contribution < 1.29 is 4.74 Å². The first-order chi connectivity index (χ1) is 10.1. The fourth-order valence-electron chi connectivity index (χ4n) is 2.52. The highest BCUT2D eigenvalue weighted by Gasteiger charge is 2.20. The number of benzene rings is 1. The van der Waals surface area contributed by atoms with Crippen LogP contribution in [0.4, 0.5) is 5.82 Å². The van der Waals surface area contributed by atoms with Crippen molar-refractivity contribution in [2.75, 3.05) is 12.8 Å². The Morgan fingerprint density at radius 1 is 1.24 bits per heavy atom. The zero-order valence-electron chi connectivity index (χ0n) is 12.2. The third kappa shape index (κ3) is 2.14. The first kappa shape index (κ1) is 13.2. The van der Waals surface area contributed by atoms with Crippen molar-refractivity contribution in [3.8, 4) is 28.1 Å². The van der Waals surface area contributed by atoms with Crippen LogP contribution in [0.2, 0.25) is 0 Å². The molecule has 0 radical (unpaired) electrons. The van der Waals surface area contributed by atoms with E-state index in [-0.39, 0.29) is 0 Å². The maximum Gasteiger partial charge on any atom is 0.153 e. The Morgan fingerprint density at radius 2 is 2.00 bits per heavy atom. The van der Waals surface area contributed by atoms with E-state index in [1.165, 1.54) is 0 Å². The fraction of sp³-hybridized carbons (Fsp3) is 0.200. The predicted molar refractivity (Wildman–Crippen MR) is 81.9 cm³/mol. The van der Waals surface area contributed by atoms with Gasteiger partial charge in [0.15, 0.2) is 5.82 Å². The molecule has 3 N–H and O–H groups in total. The number of aryl methyl sites for hydroxylation is 2. The first-order valence-electron chi connectivity index (χ1n) is 6.59. The molecular formula is C15H17N5O. The van der Waals surface area contributed by atoms with E-state index in [0.717, 1.165) is 33.8 Å². The van der Waals surface area contributed by atoms with Gasteiger partial charge in [0.2, 0.25) is 0 Å². The Bertz CT molecular complexity index is 787. The van der Waals surface area contributed by atoms with Gasteiger partial charge in [-0.15, -0.1) is 0 Å². The molecule has 1 aromatic carbocycles. The summed E-state index contributed by atoms with van der Waals surface area (Å²) in [5.74, 6) is 1.20. The average Bonchev–Trinajstić information content (AvgIpc) is 3.01. The minimum absolute atomic E-state index is 0.442. The smallest absolute Gasteiger partial charge is 0.153 e. The van der Waals surface area contributed by atoms with Gasteiger partial charge in [0.1, 0.15) is 5.75 Å². The minimum atomic E-state index is 0.442. The highest BCUT2D eigenvalue weighted by molar-refractivity contribution is 5.90. The molecule has 3 aromatic rings. The number of nitrogen functional groups attached to an aromatic ring is 1. The van der Waals surface area contributed by atoms with E-state index >= 15 is 0 Å². The van der Waals surface area contributed by atoms with Gasteiger partial charge < -0.3 is 10.5 Å². The van der Waals surface area contributed by atoms with Gasteiger partial charge in [-0.3, -0.25) is 9.78 Å². The molecular weight excluding hydrogens is 266 g/mol. The molecule has 0 atom stereocenters. The third-order valence-electron chi connectivity index (χ3n) is 3.45. The molecule has 2 heterocycles. The normalized spacial score (nSPS) is 10.8. The van der Waals surface area contributed by atoms with Crippen molar-refractivity contribution in [1.82, 2.24) is 20.0 Å². The minimum Gasteiger partial charge on any atom is -0.496 e. The van der Waals surface area contributed by atoms with Gasteiger partial charge in [0.25, 0.3) is 0 Å². The maximum absolute atomic E-state index is 6.07. The van der Waals surface area contributed by atoms with Crippen LogP contribution < -0.4 is 10.5 Å². The van der Waals surface area contributed by atoms with E-state index in [0.29, 0.717) is 5.82 Å². The van der Waals surface area contributed by atoms with Crippen molar-refractivity contribution >= 4 is 5.82 Å². The van der Waals surface area contributed by atoms with Crippen LogP contribution in [0, 0.1) is 6.92 Å². The topological polar surface area (TPSA) is 81.8 Å². The molecule has 2 aromatic heterocycles. The van der Waals surface area contributed by atoms with Crippen LogP contribution in [0.25, 0.3) is 22.4 Å². The second-order valence-corrected chi connectivity index (χ2v) is 4.86. The van der Waals surface area contributed by atoms with Crippen LogP contribution in [0.3, 0.4) is 0 Å². The molecule has 0 saturated heterocycles. The number of nitrogens with zero attached hydrogens (tertiary/aromatic N) is 3. The number of H-pyrrole nitrogens is 1. The lowest BCUT2D eigenvalue weighted by molar-refractivity contribution is 0.416. The lowest BCUT2D eigenvalue weighted by atomic mass is 10.0. The van der Waals surface area contributed by atoms with Crippen LogP contribution in [-0.4, -0.2) is 27.1 Å². The number of ether oxygens (including phenoxy) is 1. The molecule has 3 rings (SSSR count). The van der Waals surface area contributed by atoms with Gasteiger partial charge in [0.05, 0.1) is 24.1 Å². The lowest BCUT2D eigenvalue weighted by Gasteiger charge is -2.09. The van der Waals surface area contributed by atoms with E-state index in [9.17, 15) is 0 Å². The Kier molecular flexibility index (Phi) is 3.13. The molecule has 0 fully saturated rings. The number of hydrogen-bond donors (Lipinski definition) is 2. The molecule has 0 bridgehead atoms. The molecule has 6 heteroatoms. The number of hydrogen-bond acceptors (Lipinski definition) is 4. The summed E-state index contributed by atoms with van der Waals surface area (Å²) in [4.78, 5) is 0. The summed E-state index contributed by atoms with van der Waals surface area (Å²) in [5.41, 5.74) is 10.5. The molecule has 0 unspecified atom stereocenters. The number of nitrogens with two attached hydrogens (primary N) is 1. The number of methoxy groups -OCH3 is 1. The highest BCUT2D eigenvalue weighted by atomic mass is 16.5. The maximum atomic E-state index is 6.07. The second kappa shape index (κ2) is 4.97. The number of nitrogens with one attached hydrogen (secondary N) is 1. The van der Waals surface area contributed by atoms with Gasteiger partial charge in [-0.2, -0.15) is 10.2 Å². The third-order valence-corrected chi connectivity index (χ3v) is 3.45. The zero-order valence-corrected chi connectivity index (χ0v) is 12.2. The van der Waals surface area contributed by atoms with E-state index in [1.807, 2.05) is 44.4 Å². The van der Waals surface area contributed by atoms with Crippen molar-refractivity contribution in [2.24, 2.45) is 7.05 Å². The van der Waals surface area contributed by atoms with Crippen LogP contribution >= 0.6 is 0 Å². The van der Waals surface area contributed by atoms with E-state index in [4.69, 9.17) is 10.5 Å². The molecule has 6 nitrogen and oxygen atoms in total. The van der Waals surface area contributed by atoms with Gasteiger partial charge in [-0.1, -0.05) is 18.2 Å². The fourth-order valence-corrected chi connectivity index (χ4v) is 2.52. The Hall–Kier alpha value is -2.76. The molecule has 0 aliphatic heterocycles. The number of anilines is 1. The molecule has 0 aliphatic carbocycles. The number of aromatic amines is 1. The van der Waals surface area contributed by atoms with Crippen molar-refractivity contribution in [1.29, 1.82) is 0 Å². The van der Waals surface area contributed by atoms with Crippen molar-refractivity contribution in [3.63, 3.8) is 0 Å². The molecule has 0 saturated carbocycles. The summed E-state index contributed by atoms with van der Waals surface area (Å²) in [6.07, 6.45) is 1.95. The average molecular weight is 283 g/mol. The number of rotatable bonds is 3. The molecule has 0 aliphatic rings. The molecule has 108 valence electrons. The first-order valence-corrected chi connectivity index (χ1v) is 6.59.